The standard InChI is InChI=1S/C10H15N3S/c1-14-10-12-8-6-4-2-3-5-7(8)9(11)13-10/h2-6H2,1H3,(H2,11,12,13). The third-order valence-electron chi connectivity index (χ3n) is 2.63. The zero-order valence-electron chi connectivity index (χ0n) is 8.42. The minimum absolute atomic E-state index is 0.696. The Balaban J connectivity index is 2.43. The third kappa shape index (κ3) is 1.85. The number of rotatable bonds is 1. The molecule has 1 aliphatic rings. The van der Waals surface area contributed by atoms with E-state index in [1.165, 1.54) is 30.5 Å². The lowest BCUT2D eigenvalue weighted by molar-refractivity contribution is 0.707. The Morgan fingerprint density at radius 2 is 1.93 bits per heavy atom. The number of nitrogen functional groups attached to an aromatic ring is 1. The van der Waals surface area contributed by atoms with Crippen molar-refractivity contribution in [1.82, 2.24) is 9.97 Å². The van der Waals surface area contributed by atoms with Crippen LogP contribution < -0.4 is 5.73 Å². The molecule has 0 spiro atoms. The molecule has 1 heterocycles. The van der Waals surface area contributed by atoms with Gasteiger partial charge < -0.3 is 5.73 Å². The molecule has 0 aliphatic heterocycles. The van der Waals surface area contributed by atoms with Gasteiger partial charge in [-0.25, -0.2) is 9.97 Å². The Labute approximate surface area is 88.5 Å². The molecule has 14 heavy (non-hydrogen) atoms. The molecule has 0 atom stereocenters. The highest BCUT2D eigenvalue weighted by molar-refractivity contribution is 7.98. The Morgan fingerprint density at radius 1 is 1.14 bits per heavy atom. The van der Waals surface area contributed by atoms with Crippen molar-refractivity contribution in [2.45, 2.75) is 37.3 Å². The van der Waals surface area contributed by atoms with Crippen LogP contribution in [0.15, 0.2) is 5.16 Å². The van der Waals surface area contributed by atoms with Gasteiger partial charge in [0.2, 0.25) is 0 Å². The Bertz CT molecular complexity index is 338. The van der Waals surface area contributed by atoms with Gasteiger partial charge in [-0.1, -0.05) is 18.2 Å². The maximum absolute atomic E-state index is 5.92. The fourth-order valence-corrected chi connectivity index (χ4v) is 2.26. The first-order valence-electron chi connectivity index (χ1n) is 5.00. The van der Waals surface area contributed by atoms with E-state index in [1.807, 2.05) is 6.26 Å². The van der Waals surface area contributed by atoms with Gasteiger partial charge >= 0.3 is 0 Å². The van der Waals surface area contributed by atoms with Crippen LogP contribution in [0.5, 0.6) is 0 Å². The molecule has 0 radical (unpaired) electrons. The van der Waals surface area contributed by atoms with Crippen LogP contribution in [0.25, 0.3) is 0 Å². The van der Waals surface area contributed by atoms with Crippen LogP contribution in [0.3, 0.4) is 0 Å². The van der Waals surface area contributed by atoms with Crippen molar-refractivity contribution in [2.24, 2.45) is 0 Å². The van der Waals surface area contributed by atoms with Crippen molar-refractivity contribution in [3.8, 4) is 0 Å². The zero-order chi connectivity index (χ0) is 9.97. The molecule has 76 valence electrons. The average Bonchev–Trinajstić information content (AvgIpc) is 2.42. The highest BCUT2D eigenvalue weighted by atomic mass is 32.2. The number of aryl methyl sites for hydroxylation is 1. The molecular weight excluding hydrogens is 194 g/mol. The monoisotopic (exact) mass is 209 g/mol. The number of nitrogens with zero attached hydrogens (tertiary/aromatic N) is 2. The van der Waals surface area contributed by atoms with Crippen molar-refractivity contribution in [3.05, 3.63) is 11.3 Å². The van der Waals surface area contributed by atoms with Gasteiger partial charge in [-0.2, -0.15) is 0 Å². The lowest BCUT2D eigenvalue weighted by Gasteiger charge is -2.08. The van der Waals surface area contributed by atoms with Crippen LogP contribution >= 0.6 is 11.8 Å². The first-order valence-corrected chi connectivity index (χ1v) is 6.23. The van der Waals surface area contributed by atoms with Crippen molar-refractivity contribution in [3.63, 3.8) is 0 Å². The topological polar surface area (TPSA) is 51.8 Å². The van der Waals surface area contributed by atoms with Gasteiger partial charge in [-0.05, 0) is 31.9 Å². The van der Waals surface area contributed by atoms with E-state index in [-0.39, 0.29) is 0 Å². The summed E-state index contributed by atoms with van der Waals surface area (Å²) in [5.41, 5.74) is 8.30. The predicted octanol–water partition coefficient (Wildman–Crippen LogP) is 2.05. The number of nitrogens with two attached hydrogens (primary N) is 1. The number of hydrogen-bond acceptors (Lipinski definition) is 4. The summed E-state index contributed by atoms with van der Waals surface area (Å²) in [4.78, 5) is 8.80. The molecule has 2 rings (SSSR count). The Kier molecular flexibility index (Phi) is 2.91. The van der Waals surface area contributed by atoms with E-state index in [2.05, 4.69) is 9.97 Å². The molecule has 0 saturated carbocycles. The summed E-state index contributed by atoms with van der Waals surface area (Å²) in [6.45, 7) is 0. The van der Waals surface area contributed by atoms with Gasteiger partial charge in [-0.3, -0.25) is 0 Å². The molecule has 0 unspecified atom stereocenters. The highest BCUT2D eigenvalue weighted by Crippen LogP contribution is 2.24. The second kappa shape index (κ2) is 4.17. The van der Waals surface area contributed by atoms with Gasteiger partial charge in [0.05, 0.1) is 5.69 Å². The van der Waals surface area contributed by atoms with Gasteiger partial charge in [-0.15, -0.1) is 0 Å². The molecule has 0 aromatic carbocycles. The number of anilines is 1. The fourth-order valence-electron chi connectivity index (χ4n) is 1.87. The molecule has 3 nitrogen and oxygen atoms in total. The SMILES string of the molecule is CSc1nc(N)c2c(n1)CCCCC2. The van der Waals surface area contributed by atoms with Gasteiger partial charge in [0, 0.05) is 5.56 Å². The number of aromatic nitrogens is 2. The lowest BCUT2D eigenvalue weighted by Crippen LogP contribution is -2.05. The summed E-state index contributed by atoms with van der Waals surface area (Å²) in [5.74, 6) is 0.696. The van der Waals surface area contributed by atoms with Gasteiger partial charge in [0.1, 0.15) is 5.82 Å². The van der Waals surface area contributed by atoms with E-state index < -0.39 is 0 Å². The molecule has 1 aromatic rings. The number of hydrogen-bond donors (Lipinski definition) is 1. The van der Waals surface area contributed by atoms with E-state index in [0.717, 1.165) is 18.0 Å². The maximum atomic E-state index is 5.92. The van der Waals surface area contributed by atoms with Crippen LogP contribution in [-0.2, 0) is 12.8 Å². The van der Waals surface area contributed by atoms with Crippen molar-refractivity contribution >= 4 is 17.6 Å². The summed E-state index contributed by atoms with van der Waals surface area (Å²) in [7, 11) is 0. The molecule has 0 saturated heterocycles. The van der Waals surface area contributed by atoms with Gasteiger partial charge in [0.25, 0.3) is 0 Å². The maximum Gasteiger partial charge on any atom is 0.189 e. The smallest absolute Gasteiger partial charge is 0.189 e. The quantitative estimate of drug-likeness (QED) is 0.437. The Hall–Kier alpha value is -0.770. The van der Waals surface area contributed by atoms with Crippen LogP contribution in [0.1, 0.15) is 30.5 Å². The summed E-state index contributed by atoms with van der Waals surface area (Å²) in [6, 6.07) is 0. The normalized spacial score (nSPS) is 16.1. The molecule has 0 amide bonds. The number of thioether (sulfide) groups is 1. The van der Waals surface area contributed by atoms with Crippen molar-refractivity contribution < 1.29 is 0 Å². The third-order valence-corrected chi connectivity index (χ3v) is 3.17. The minimum atomic E-state index is 0.696. The summed E-state index contributed by atoms with van der Waals surface area (Å²) >= 11 is 1.56. The van der Waals surface area contributed by atoms with Gasteiger partial charge in [0.15, 0.2) is 5.16 Å². The zero-order valence-corrected chi connectivity index (χ0v) is 9.23. The summed E-state index contributed by atoms with van der Waals surface area (Å²) in [6.07, 6.45) is 7.84. The van der Waals surface area contributed by atoms with Crippen LogP contribution in [0.4, 0.5) is 5.82 Å². The highest BCUT2D eigenvalue weighted by Gasteiger charge is 2.14. The second-order valence-corrected chi connectivity index (χ2v) is 4.35. The lowest BCUT2D eigenvalue weighted by atomic mass is 10.1. The molecule has 1 aromatic heterocycles. The van der Waals surface area contributed by atoms with Crippen LogP contribution in [-0.4, -0.2) is 16.2 Å². The Morgan fingerprint density at radius 3 is 2.71 bits per heavy atom. The first kappa shape index (κ1) is 9.77. The molecule has 0 bridgehead atoms. The minimum Gasteiger partial charge on any atom is -0.383 e. The second-order valence-electron chi connectivity index (χ2n) is 3.58. The first-order chi connectivity index (χ1) is 6.81. The van der Waals surface area contributed by atoms with Crippen LogP contribution in [0.2, 0.25) is 0 Å². The molecular formula is C10H15N3S. The van der Waals surface area contributed by atoms with Crippen molar-refractivity contribution in [2.75, 3.05) is 12.0 Å². The van der Waals surface area contributed by atoms with E-state index in [4.69, 9.17) is 5.73 Å². The molecule has 0 fully saturated rings. The van der Waals surface area contributed by atoms with Crippen LogP contribution in [0, 0.1) is 0 Å². The van der Waals surface area contributed by atoms with E-state index >= 15 is 0 Å². The average molecular weight is 209 g/mol. The predicted molar refractivity (Wildman–Crippen MR) is 59.5 cm³/mol. The van der Waals surface area contributed by atoms with E-state index in [0.29, 0.717) is 5.82 Å². The molecule has 4 heteroatoms. The van der Waals surface area contributed by atoms with Crippen molar-refractivity contribution in [1.29, 1.82) is 0 Å². The number of fused-ring (bicyclic) bond motifs is 1. The largest absolute Gasteiger partial charge is 0.383 e. The van der Waals surface area contributed by atoms with E-state index in [1.54, 1.807) is 11.8 Å². The van der Waals surface area contributed by atoms with E-state index in [9.17, 15) is 0 Å². The summed E-state index contributed by atoms with van der Waals surface area (Å²) < 4.78 is 0. The molecule has 2 N–H and O–H groups in total. The fraction of sp³-hybridized carbons (Fsp3) is 0.600. The molecule has 1 aliphatic carbocycles. The summed E-state index contributed by atoms with van der Waals surface area (Å²) in [5, 5.41) is 0.808.